The first-order valence-corrected chi connectivity index (χ1v) is 11.5. The van der Waals surface area contributed by atoms with Crippen molar-refractivity contribution in [2.45, 2.75) is 76.5 Å². The Hall–Kier alpha value is -1.85. The Balaban J connectivity index is 2.83. The molecule has 7 N–H and O–H groups in total. The standard InChI is InChI=1S/C20H37N5O5S/c1-3-12(2)16(19(28)25-10-6-8-15(25)20(29)30)24-18(27)14(11-31)23-17(26)13(22)7-4-5-9-21/h12-16,31H,3-11,21-22H2,1-2H3,(H,23,26)(H,24,27)(H,29,30). The predicted octanol–water partition coefficient (Wildman–Crippen LogP) is -0.536. The highest BCUT2D eigenvalue weighted by Crippen LogP contribution is 2.21. The minimum absolute atomic E-state index is 0.0238. The minimum Gasteiger partial charge on any atom is -0.480 e. The molecule has 3 amide bonds. The van der Waals surface area contributed by atoms with Gasteiger partial charge in [-0.1, -0.05) is 26.7 Å². The van der Waals surface area contributed by atoms with Gasteiger partial charge in [-0.15, -0.1) is 0 Å². The van der Waals surface area contributed by atoms with E-state index in [1.54, 1.807) is 0 Å². The summed E-state index contributed by atoms with van der Waals surface area (Å²) in [4.78, 5) is 51.1. The summed E-state index contributed by atoms with van der Waals surface area (Å²) in [6.07, 6.45) is 3.49. The molecule has 0 spiro atoms. The van der Waals surface area contributed by atoms with E-state index in [4.69, 9.17) is 11.5 Å². The summed E-state index contributed by atoms with van der Waals surface area (Å²) in [5.74, 6) is -2.69. The van der Waals surface area contributed by atoms with Crippen molar-refractivity contribution in [1.82, 2.24) is 15.5 Å². The summed E-state index contributed by atoms with van der Waals surface area (Å²) in [6, 6.07) is -3.52. The van der Waals surface area contributed by atoms with E-state index in [9.17, 15) is 24.3 Å². The second-order valence-electron chi connectivity index (χ2n) is 8.03. The van der Waals surface area contributed by atoms with E-state index in [2.05, 4.69) is 23.3 Å². The Morgan fingerprint density at radius 1 is 1.19 bits per heavy atom. The van der Waals surface area contributed by atoms with E-state index in [0.29, 0.717) is 45.2 Å². The van der Waals surface area contributed by atoms with Gasteiger partial charge in [0.15, 0.2) is 0 Å². The number of nitrogens with zero attached hydrogens (tertiary/aromatic N) is 1. The average molecular weight is 460 g/mol. The molecule has 0 aromatic carbocycles. The fourth-order valence-corrected chi connectivity index (χ4v) is 3.77. The fraction of sp³-hybridized carbons (Fsp3) is 0.800. The van der Waals surface area contributed by atoms with Crippen LogP contribution in [0.4, 0.5) is 0 Å². The quantitative estimate of drug-likeness (QED) is 0.159. The van der Waals surface area contributed by atoms with Crippen molar-refractivity contribution in [3.8, 4) is 0 Å². The lowest BCUT2D eigenvalue weighted by molar-refractivity contribution is -0.150. The number of amides is 3. The molecule has 5 unspecified atom stereocenters. The van der Waals surface area contributed by atoms with E-state index < -0.39 is 47.9 Å². The Bertz CT molecular complexity index is 635. The van der Waals surface area contributed by atoms with Crippen molar-refractivity contribution < 1.29 is 24.3 Å². The lowest BCUT2D eigenvalue weighted by atomic mass is 9.97. The van der Waals surface area contributed by atoms with Crippen molar-refractivity contribution in [3.05, 3.63) is 0 Å². The van der Waals surface area contributed by atoms with E-state index in [1.165, 1.54) is 4.90 Å². The number of hydrogen-bond donors (Lipinski definition) is 6. The number of nitrogens with one attached hydrogen (secondary N) is 2. The molecule has 5 atom stereocenters. The molecule has 1 fully saturated rings. The van der Waals surface area contributed by atoms with Gasteiger partial charge in [0.05, 0.1) is 6.04 Å². The number of nitrogens with two attached hydrogens (primary N) is 2. The highest BCUT2D eigenvalue weighted by Gasteiger charge is 2.39. The zero-order chi connectivity index (χ0) is 23.6. The first-order valence-electron chi connectivity index (χ1n) is 10.9. The van der Waals surface area contributed by atoms with Crippen molar-refractivity contribution in [2.24, 2.45) is 17.4 Å². The van der Waals surface area contributed by atoms with Crippen LogP contribution >= 0.6 is 12.6 Å². The first-order chi connectivity index (χ1) is 14.7. The molecule has 0 aromatic heterocycles. The van der Waals surface area contributed by atoms with Crippen LogP contribution in [0.5, 0.6) is 0 Å². The van der Waals surface area contributed by atoms with Gasteiger partial charge in [0.2, 0.25) is 17.7 Å². The number of carbonyl (C=O) groups is 4. The molecule has 1 aliphatic heterocycles. The average Bonchev–Trinajstić information content (AvgIpc) is 3.24. The Labute approximate surface area is 189 Å². The van der Waals surface area contributed by atoms with Gasteiger partial charge in [0.25, 0.3) is 0 Å². The third kappa shape index (κ3) is 7.97. The molecular weight excluding hydrogens is 422 g/mol. The SMILES string of the molecule is CCC(C)C(NC(=O)C(CS)NC(=O)C(N)CCCCN)C(=O)N1CCCC1C(=O)O. The van der Waals surface area contributed by atoms with Crippen LogP contribution in [0.1, 0.15) is 52.4 Å². The Morgan fingerprint density at radius 2 is 1.87 bits per heavy atom. The summed E-state index contributed by atoms with van der Waals surface area (Å²) in [6.45, 7) is 4.55. The summed E-state index contributed by atoms with van der Waals surface area (Å²) < 4.78 is 0. The maximum Gasteiger partial charge on any atom is 0.326 e. The number of carboxylic acids is 1. The third-order valence-electron chi connectivity index (χ3n) is 5.72. The Morgan fingerprint density at radius 3 is 2.42 bits per heavy atom. The van der Waals surface area contributed by atoms with Crippen LogP contribution in [-0.4, -0.2) is 76.7 Å². The molecule has 31 heavy (non-hydrogen) atoms. The van der Waals surface area contributed by atoms with Gasteiger partial charge in [-0.25, -0.2) is 4.79 Å². The number of hydrogen-bond acceptors (Lipinski definition) is 7. The Kier molecular flexibility index (Phi) is 11.9. The van der Waals surface area contributed by atoms with Gasteiger partial charge in [0.1, 0.15) is 18.1 Å². The molecule has 0 radical (unpaired) electrons. The molecule has 0 saturated carbocycles. The third-order valence-corrected chi connectivity index (χ3v) is 6.08. The summed E-state index contributed by atoms with van der Waals surface area (Å²) in [7, 11) is 0. The van der Waals surface area contributed by atoms with Crippen LogP contribution in [0.25, 0.3) is 0 Å². The van der Waals surface area contributed by atoms with Crippen LogP contribution in [0.3, 0.4) is 0 Å². The second kappa shape index (κ2) is 13.5. The summed E-state index contributed by atoms with van der Waals surface area (Å²) in [5, 5.41) is 14.7. The van der Waals surface area contributed by atoms with Gasteiger partial charge in [-0.3, -0.25) is 14.4 Å². The number of carboxylic acid groups (broad SMARTS) is 1. The largest absolute Gasteiger partial charge is 0.480 e. The van der Waals surface area contributed by atoms with Crippen LogP contribution < -0.4 is 22.1 Å². The maximum atomic E-state index is 13.1. The van der Waals surface area contributed by atoms with Crippen LogP contribution in [0.15, 0.2) is 0 Å². The van der Waals surface area contributed by atoms with Crippen LogP contribution in [-0.2, 0) is 19.2 Å². The van der Waals surface area contributed by atoms with Crippen LogP contribution in [0, 0.1) is 5.92 Å². The lowest BCUT2D eigenvalue weighted by Gasteiger charge is -2.31. The zero-order valence-electron chi connectivity index (χ0n) is 18.4. The topological polar surface area (TPSA) is 168 Å². The molecule has 1 aliphatic rings. The smallest absolute Gasteiger partial charge is 0.326 e. The molecule has 10 nitrogen and oxygen atoms in total. The number of carbonyl (C=O) groups excluding carboxylic acids is 3. The van der Waals surface area contributed by atoms with Gasteiger partial charge in [-0.05, 0) is 38.1 Å². The predicted molar refractivity (Wildman–Crippen MR) is 120 cm³/mol. The lowest BCUT2D eigenvalue weighted by Crippen LogP contribution is -2.59. The number of aliphatic carboxylic acids is 1. The molecule has 1 saturated heterocycles. The molecule has 11 heteroatoms. The van der Waals surface area contributed by atoms with E-state index in [1.807, 2.05) is 13.8 Å². The molecular formula is C20H37N5O5S. The molecule has 0 aliphatic carbocycles. The van der Waals surface area contributed by atoms with Crippen molar-refractivity contribution >= 4 is 36.3 Å². The van der Waals surface area contributed by atoms with Gasteiger partial charge in [-0.2, -0.15) is 12.6 Å². The van der Waals surface area contributed by atoms with E-state index >= 15 is 0 Å². The maximum absolute atomic E-state index is 13.1. The fourth-order valence-electron chi connectivity index (χ4n) is 3.52. The first kappa shape index (κ1) is 27.2. The monoisotopic (exact) mass is 459 g/mol. The normalized spacial score (nSPS) is 19.9. The molecule has 1 rings (SSSR count). The molecule has 0 aromatic rings. The molecule has 178 valence electrons. The number of rotatable bonds is 13. The van der Waals surface area contributed by atoms with Gasteiger partial charge >= 0.3 is 5.97 Å². The summed E-state index contributed by atoms with van der Waals surface area (Å²) in [5.41, 5.74) is 11.3. The van der Waals surface area contributed by atoms with Gasteiger partial charge in [0, 0.05) is 12.3 Å². The van der Waals surface area contributed by atoms with Gasteiger partial charge < -0.3 is 32.1 Å². The second-order valence-corrected chi connectivity index (χ2v) is 8.40. The number of thiol groups is 1. The van der Waals surface area contributed by atoms with Crippen molar-refractivity contribution in [2.75, 3.05) is 18.8 Å². The molecule has 1 heterocycles. The highest BCUT2D eigenvalue weighted by atomic mass is 32.1. The summed E-state index contributed by atoms with van der Waals surface area (Å²) >= 11 is 4.16. The highest BCUT2D eigenvalue weighted by molar-refractivity contribution is 7.80. The van der Waals surface area contributed by atoms with E-state index in [-0.39, 0.29) is 11.7 Å². The van der Waals surface area contributed by atoms with E-state index in [0.717, 1.165) is 6.42 Å². The number of unbranched alkanes of at least 4 members (excludes halogenated alkanes) is 1. The van der Waals surface area contributed by atoms with Crippen molar-refractivity contribution in [3.63, 3.8) is 0 Å². The zero-order valence-corrected chi connectivity index (χ0v) is 19.3. The van der Waals surface area contributed by atoms with Crippen molar-refractivity contribution in [1.29, 1.82) is 0 Å². The number of likely N-dealkylation sites (tertiary alicyclic amines) is 1. The van der Waals surface area contributed by atoms with Crippen LogP contribution in [0.2, 0.25) is 0 Å². The molecule has 0 bridgehead atoms. The minimum atomic E-state index is -1.05.